The smallest absolute Gasteiger partial charge is 0.380 e. The minimum absolute atomic E-state index is 0.129. The van der Waals surface area contributed by atoms with Gasteiger partial charge in [-0.05, 0) is 30.7 Å². The largest absolute Gasteiger partial charge is 0.417 e. The first-order valence-corrected chi connectivity index (χ1v) is 7.52. The van der Waals surface area contributed by atoms with E-state index in [1.54, 1.807) is 37.3 Å². The summed E-state index contributed by atoms with van der Waals surface area (Å²) < 4.78 is 38.3. The van der Waals surface area contributed by atoms with E-state index in [1.165, 1.54) is 4.90 Å². The topological polar surface area (TPSA) is 40.5 Å². The lowest BCUT2D eigenvalue weighted by atomic mass is 9.90. The molecule has 1 aromatic carbocycles. The molecule has 0 atom stereocenters. The summed E-state index contributed by atoms with van der Waals surface area (Å²) >= 11 is 5.87. The lowest BCUT2D eigenvalue weighted by Gasteiger charge is -2.39. The third-order valence-corrected chi connectivity index (χ3v) is 4.21. The van der Waals surface area contributed by atoms with Gasteiger partial charge in [0.05, 0.1) is 0 Å². The number of carbonyl (C=O) groups is 1. The fourth-order valence-electron chi connectivity index (χ4n) is 2.52. The number of aliphatic hydroxyl groups is 1. The summed E-state index contributed by atoms with van der Waals surface area (Å²) in [5.74, 6) is -0.339. The lowest BCUT2D eigenvalue weighted by Crippen LogP contribution is -2.54. The molecule has 3 nitrogen and oxygen atoms in total. The quantitative estimate of drug-likeness (QED) is 0.829. The number of nitrogens with zero attached hydrogens (tertiary/aromatic N) is 1. The van der Waals surface area contributed by atoms with E-state index in [9.17, 15) is 23.1 Å². The fraction of sp³-hybridized carbons (Fsp3) is 0.438. The van der Waals surface area contributed by atoms with Crippen LogP contribution in [0.25, 0.3) is 6.08 Å². The Balaban J connectivity index is 2.05. The summed E-state index contributed by atoms with van der Waals surface area (Å²) in [5, 5.41) is 10.2. The normalized spacial score (nSPS) is 18.9. The van der Waals surface area contributed by atoms with Gasteiger partial charge in [0, 0.05) is 36.5 Å². The van der Waals surface area contributed by atoms with Crippen molar-refractivity contribution in [2.45, 2.75) is 31.5 Å². The van der Waals surface area contributed by atoms with E-state index in [0.717, 1.165) is 5.56 Å². The van der Waals surface area contributed by atoms with Gasteiger partial charge in [-0.25, -0.2) is 0 Å². The molecule has 0 aliphatic carbocycles. The second kappa shape index (κ2) is 6.53. The molecule has 1 N–H and O–H groups in total. The molecule has 1 amide bonds. The molecule has 1 aliphatic rings. The number of piperidine rings is 1. The molecule has 2 rings (SSSR count). The maximum atomic E-state index is 12.8. The van der Waals surface area contributed by atoms with Crippen molar-refractivity contribution >= 4 is 23.6 Å². The van der Waals surface area contributed by atoms with Crippen LogP contribution in [0.5, 0.6) is 0 Å². The van der Waals surface area contributed by atoms with E-state index in [0.29, 0.717) is 10.6 Å². The highest BCUT2D eigenvalue weighted by molar-refractivity contribution is 6.30. The number of benzene rings is 1. The Morgan fingerprint density at radius 1 is 1.35 bits per heavy atom. The van der Waals surface area contributed by atoms with Gasteiger partial charge < -0.3 is 10.0 Å². The highest BCUT2D eigenvalue weighted by Gasteiger charge is 2.54. The van der Waals surface area contributed by atoms with E-state index in [2.05, 4.69) is 0 Å². The lowest BCUT2D eigenvalue weighted by molar-refractivity contribution is -0.271. The van der Waals surface area contributed by atoms with Crippen molar-refractivity contribution in [2.24, 2.45) is 0 Å². The minimum Gasteiger partial charge on any atom is -0.380 e. The standard InChI is InChI=1S/C16H17ClF3NO2/c1-11(9-12-3-2-4-13(17)10-12)14(22)21-7-5-15(23,6-8-21)16(18,19)20/h2-4,9-10,23H,5-8H2,1H3/b11-9-. The van der Waals surface area contributed by atoms with Crippen LogP contribution in [0.4, 0.5) is 13.2 Å². The predicted octanol–water partition coefficient (Wildman–Crippen LogP) is 3.66. The molecule has 0 saturated carbocycles. The Morgan fingerprint density at radius 3 is 2.48 bits per heavy atom. The van der Waals surface area contributed by atoms with E-state index in [4.69, 9.17) is 11.6 Å². The second-order valence-corrected chi connectivity index (χ2v) is 6.14. The van der Waals surface area contributed by atoms with Crippen LogP contribution in [0.3, 0.4) is 0 Å². The molecule has 0 radical (unpaired) electrons. The van der Waals surface area contributed by atoms with Gasteiger partial charge in [0.1, 0.15) is 0 Å². The molecule has 1 heterocycles. The summed E-state index contributed by atoms with van der Waals surface area (Å²) in [4.78, 5) is 13.6. The van der Waals surface area contributed by atoms with Gasteiger partial charge >= 0.3 is 6.18 Å². The molecule has 1 fully saturated rings. The first-order valence-electron chi connectivity index (χ1n) is 7.15. The molecular weight excluding hydrogens is 331 g/mol. The van der Waals surface area contributed by atoms with Gasteiger partial charge in [-0.2, -0.15) is 13.2 Å². The summed E-state index contributed by atoms with van der Waals surface area (Å²) in [7, 11) is 0. The summed E-state index contributed by atoms with van der Waals surface area (Å²) in [6.45, 7) is 1.35. The number of amides is 1. The summed E-state index contributed by atoms with van der Waals surface area (Å²) in [5.41, 5.74) is -1.55. The average molecular weight is 348 g/mol. The molecule has 1 aliphatic heterocycles. The second-order valence-electron chi connectivity index (χ2n) is 5.70. The van der Waals surface area contributed by atoms with Crippen LogP contribution in [-0.2, 0) is 4.79 Å². The van der Waals surface area contributed by atoms with Crippen LogP contribution >= 0.6 is 11.6 Å². The molecule has 0 aromatic heterocycles. The highest BCUT2D eigenvalue weighted by Crippen LogP contribution is 2.38. The third kappa shape index (κ3) is 4.06. The zero-order chi connectivity index (χ0) is 17.3. The molecular formula is C16H17ClF3NO2. The summed E-state index contributed by atoms with van der Waals surface area (Å²) in [6, 6.07) is 6.92. The molecule has 1 aromatic rings. The van der Waals surface area contributed by atoms with Crippen LogP contribution in [-0.4, -0.2) is 40.8 Å². The Morgan fingerprint density at radius 2 is 1.96 bits per heavy atom. The van der Waals surface area contributed by atoms with E-state index in [-0.39, 0.29) is 19.0 Å². The van der Waals surface area contributed by atoms with Gasteiger partial charge in [-0.15, -0.1) is 0 Å². The van der Waals surface area contributed by atoms with Crippen LogP contribution in [0.2, 0.25) is 5.02 Å². The zero-order valence-electron chi connectivity index (χ0n) is 12.5. The molecule has 1 saturated heterocycles. The molecule has 0 unspecified atom stereocenters. The number of alkyl halides is 3. The SMILES string of the molecule is C/C(=C/c1cccc(Cl)c1)C(=O)N1CCC(O)(C(F)(F)F)CC1. The molecule has 7 heteroatoms. The Kier molecular flexibility index (Phi) is 5.06. The minimum atomic E-state index is -4.67. The third-order valence-electron chi connectivity index (χ3n) is 3.97. The van der Waals surface area contributed by atoms with Crippen molar-refractivity contribution in [2.75, 3.05) is 13.1 Å². The van der Waals surface area contributed by atoms with Crippen LogP contribution in [0.1, 0.15) is 25.3 Å². The predicted molar refractivity (Wildman–Crippen MR) is 81.9 cm³/mol. The van der Waals surface area contributed by atoms with E-state index in [1.807, 2.05) is 0 Å². The number of hydrogen-bond acceptors (Lipinski definition) is 2. The summed E-state index contributed by atoms with van der Waals surface area (Å²) in [6.07, 6.45) is -4.05. The number of likely N-dealkylation sites (tertiary alicyclic amines) is 1. The number of halogens is 4. The van der Waals surface area contributed by atoms with Crippen LogP contribution in [0, 0.1) is 0 Å². The van der Waals surface area contributed by atoms with Crippen molar-refractivity contribution in [1.29, 1.82) is 0 Å². The van der Waals surface area contributed by atoms with Gasteiger partial charge in [-0.3, -0.25) is 4.79 Å². The van der Waals surface area contributed by atoms with Gasteiger partial charge in [0.15, 0.2) is 5.60 Å². The Hall–Kier alpha value is -1.53. The van der Waals surface area contributed by atoms with E-state index < -0.39 is 24.6 Å². The fourth-order valence-corrected chi connectivity index (χ4v) is 2.72. The van der Waals surface area contributed by atoms with Crippen molar-refractivity contribution in [3.63, 3.8) is 0 Å². The maximum absolute atomic E-state index is 12.8. The van der Waals surface area contributed by atoms with Crippen molar-refractivity contribution < 1.29 is 23.1 Å². The highest BCUT2D eigenvalue weighted by atomic mass is 35.5. The maximum Gasteiger partial charge on any atom is 0.417 e. The Bertz CT molecular complexity index is 620. The van der Waals surface area contributed by atoms with Crippen molar-refractivity contribution in [3.8, 4) is 0 Å². The molecule has 0 bridgehead atoms. The van der Waals surface area contributed by atoms with Crippen LogP contribution < -0.4 is 0 Å². The van der Waals surface area contributed by atoms with Crippen molar-refractivity contribution in [1.82, 2.24) is 4.90 Å². The average Bonchev–Trinajstić information content (AvgIpc) is 2.46. The van der Waals surface area contributed by atoms with Gasteiger partial charge in [0.25, 0.3) is 0 Å². The monoisotopic (exact) mass is 347 g/mol. The number of carbonyl (C=O) groups excluding carboxylic acids is 1. The first kappa shape index (κ1) is 17.8. The van der Waals surface area contributed by atoms with Crippen LogP contribution in [0.15, 0.2) is 29.8 Å². The zero-order valence-corrected chi connectivity index (χ0v) is 13.3. The number of rotatable bonds is 2. The number of hydrogen-bond donors (Lipinski definition) is 1. The first-order chi connectivity index (χ1) is 10.6. The van der Waals surface area contributed by atoms with Gasteiger partial charge in [-0.1, -0.05) is 23.7 Å². The molecule has 126 valence electrons. The van der Waals surface area contributed by atoms with Gasteiger partial charge in [0.2, 0.25) is 5.91 Å². The Labute approximate surface area is 137 Å². The molecule has 23 heavy (non-hydrogen) atoms. The van der Waals surface area contributed by atoms with E-state index >= 15 is 0 Å². The van der Waals surface area contributed by atoms with Crippen molar-refractivity contribution in [3.05, 3.63) is 40.4 Å². The molecule has 0 spiro atoms.